The Kier molecular flexibility index (Phi) is 7.76. The average Bonchev–Trinajstić information content (AvgIpc) is 2.73. The number of amides is 1. The zero-order valence-corrected chi connectivity index (χ0v) is 17.4. The molecule has 170 valence electrons. The molecule has 0 spiro atoms. The van der Waals surface area contributed by atoms with Crippen molar-refractivity contribution in [3.63, 3.8) is 0 Å². The van der Waals surface area contributed by atoms with E-state index in [4.69, 9.17) is 5.26 Å². The third kappa shape index (κ3) is 6.57. The first-order chi connectivity index (χ1) is 14.8. The lowest BCUT2D eigenvalue weighted by Crippen LogP contribution is -2.47. The summed E-state index contributed by atoms with van der Waals surface area (Å²) < 4.78 is 53.0. The molecular formula is C22H28F4N4O. The molecule has 1 saturated carbocycles. The van der Waals surface area contributed by atoms with Crippen molar-refractivity contribution in [1.29, 1.82) is 5.26 Å². The van der Waals surface area contributed by atoms with Crippen LogP contribution in [0.2, 0.25) is 0 Å². The second kappa shape index (κ2) is 10.3. The fourth-order valence-corrected chi connectivity index (χ4v) is 4.45. The molecule has 9 heteroatoms. The average molecular weight is 440 g/mol. The highest BCUT2D eigenvalue weighted by molar-refractivity contribution is 5.78. The molecule has 5 nitrogen and oxygen atoms in total. The molecule has 0 aromatic heterocycles. The maximum absolute atomic E-state index is 14.1. The van der Waals surface area contributed by atoms with Gasteiger partial charge >= 0.3 is 6.18 Å². The Labute approximate surface area is 180 Å². The molecule has 1 aromatic rings. The molecule has 1 amide bonds. The van der Waals surface area contributed by atoms with Crippen LogP contribution < -0.4 is 10.2 Å². The molecule has 0 unspecified atom stereocenters. The van der Waals surface area contributed by atoms with Gasteiger partial charge < -0.3 is 10.2 Å². The molecule has 0 radical (unpaired) electrons. The molecule has 0 bridgehead atoms. The molecule has 1 saturated heterocycles. The Morgan fingerprint density at radius 3 is 2.42 bits per heavy atom. The van der Waals surface area contributed by atoms with Gasteiger partial charge in [-0.15, -0.1) is 0 Å². The lowest BCUT2D eigenvalue weighted by molar-refractivity contribution is -0.137. The number of rotatable bonds is 6. The monoisotopic (exact) mass is 440 g/mol. The first-order valence-corrected chi connectivity index (χ1v) is 10.8. The number of hydrogen-bond acceptors (Lipinski definition) is 4. The summed E-state index contributed by atoms with van der Waals surface area (Å²) in [5.74, 6) is -0.246. The highest BCUT2D eigenvalue weighted by Gasteiger charge is 2.32. The minimum absolute atomic E-state index is 0.0197. The number of carbonyl (C=O) groups excluding carboxylic acids is 1. The SMILES string of the molecule is N#CCC(=O)N[C@H]1CC[C@H](CCN2CCN(c3cc(C(F)(F)F)ccc3F)CC2)CC1. The van der Waals surface area contributed by atoms with Gasteiger partial charge in [0.2, 0.25) is 5.91 Å². The van der Waals surface area contributed by atoms with E-state index < -0.39 is 17.6 Å². The summed E-state index contributed by atoms with van der Waals surface area (Å²) in [5, 5.41) is 11.5. The predicted molar refractivity (Wildman–Crippen MR) is 109 cm³/mol. The summed E-state index contributed by atoms with van der Waals surface area (Å²) in [4.78, 5) is 15.5. The predicted octanol–water partition coefficient (Wildman–Crippen LogP) is 3.95. The number of nitrogens with one attached hydrogen (secondary N) is 1. The maximum Gasteiger partial charge on any atom is 0.416 e. The van der Waals surface area contributed by atoms with E-state index in [0.29, 0.717) is 32.1 Å². The van der Waals surface area contributed by atoms with Crippen LogP contribution in [-0.2, 0) is 11.0 Å². The van der Waals surface area contributed by atoms with Crippen LogP contribution in [0.25, 0.3) is 0 Å². The zero-order chi connectivity index (χ0) is 22.4. The molecule has 1 aromatic carbocycles. The van der Waals surface area contributed by atoms with Gasteiger partial charge in [0.1, 0.15) is 12.2 Å². The highest BCUT2D eigenvalue weighted by Crippen LogP contribution is 2.33. The van der Waals surface area contributed by atoms with Crippen molar-refractivity contribution in [1.82, 2.24) is 10.2 Å². The van der Waals surface area contributed by atoms with Gasteiger partial charge in [-0.2, -0.15) is 18.4 Å². The molecule has 1 aliphatic heterocycles. The summed E-state index contributed by atoms with van der Waals surface area (Å²) in [6, 6.07) is 4.58. The Hall–Kier alpha value is -2.34. The van der Waals surface area contributed by atoms with Gasteiger partial charge in [-0.05, 0) is 62.8 Å². The number of nitriles is 1. The van der Waals surface area contributed by atoms with Crippen LogP contribution in [0.3, 0.4) is 0 Å². The van der Waals surface area contributed by atoms with Gasteiger partial charge in [-0.25, -0.2) is 4.39 Å². The fraction of sp³-hybridized carbons (Fsp3) is 0.636. The number of benzene rings is 1. The fourth-order valence-electron chi connectivity index (χ4n) is 4.45. The molecule has 1 aliphatic carbocycles. The van der Waals surface area contributed by atoms with Crippen molar-refractivity contribution in [3.8, 4) is 6.07 Å². The Bertz CT molecular complexity index is 792. The quantitative estimate of drug-likeness (QED) is 0.681. The molecule has 2 fully saturated rings. The lowest BCUT2D eigenvalue weighted by Gasteiger charge is -2.37. The largest absolute Gasteiger partial charge is 0.416 e. The van der Waals surface area contributed by atoms with E-state index in [2.05, 4.69) is 10.2 Å². The third-order valence-corrected chi connectivity index (χ3v) is 6.29. The van der Waals surface area contributed by atoms with E-state index >= 15 is 0 Å². The minimum atomic E-state index is -4.48. The van der Waals surface area contributed by atoms with Crippen LogP contribution in [0.15, 0.2) is 18.2 Å². The first-order valence-electron chi connectivity index (χ1n) is 10.8. The Morgan fingerprint density at radius 1 is 1.13 bits per heavy atom. The summed E-state index contributed by atoms with van der Waals surface area (Å²) in [5.41, 5.74) is -0.808. The zero-order valence-electron chi connectivity index (χ0n) is 17.4. The van der Waals surface area contributed by atoms with Crippen molar-refractivity contribution >= 4 is 11.6 Å². The molecule has 1 heterocycles. The van der Waals surface area contributed by atoms with Crippen LogP contribution >= 0.6 is 0 Å². The first kappa shape index (κ1) is 23.3. The van der Waals surface area contributed by atoms with Gasteiger partial charge in [-0.1, -0.05) is 0 Å². The van der Waals surface area contributed by atoms with Crippen LogP contribution in [0.1, 0.15) is 44.1 Å². The van der Waals surface area contributed by atoms with Gasteiger partial charge in [0, 0.05) is 32.2 Å². The molecule has 2 aliphatic rings. The van der Waals surface area contributed by atoms with Gasteiger partial charge in [0.05, 0.1) is 17.3 Å². The van der Waals surface area contributed by atoms with E-state index in [9.17, 15) is 22.4 Å². The summed E-state index contributed by atoms with van der Waals surface area (Å²) >= 11 is 0. The van der Waals surface area contributed by atoms with Crippen molar-refractivity contribution < 1.29 is 22.4 Å². The number of carbonyl (C=O) groups is 1. The summed E-state index contributed by atoms with van der Waals surface area (Å²) in [7, 11) is 0. The van der Waals surface area contributed by atoms with Gasteiger partial charge in [0.25, 0.3) is 0 Å². The van der Waals surface area contributed by atoms with Crippen molar-refractivity contribution in [2.45, 2.75) is 50.7 Å². The number of halogens is 4. The van der Waals surface area contributed by atoms with E-state index in [1.54, 1.807) is 4.90 Å². The third-order valence-electron chi connectivity index (χ3n) is 6.29. The van der Waals surface area contributed by atoms with Crippen LogP contribution in [0, 0.1) is 23.1 Å². The van der Waals surface area contributed by atoms with E-state index in [1.165, 1.54) is 0 Å². The van der Waals surface area contributed by atoms with Gasteiger partial charge in [-0.3, -0.25) is 9.69 Å². The normalized spacial score (nSPS) is 22.7. The Morgan fingerprint density at radius 2 is 1.81 bits per heavy atom. The molecule has 3 rings (SSSR count). The van der Waals surface area contributed by atoms with Crippen molar-refractivity contribution in [2.75, 3.05) is 37.6 Å². The van der Waals surface area contributed by atoms with Crippen LogP contribution in [0.4, 0.5) is 23.2 Å². The minimum Gasteiger partial charge on any atom is -0.367 e. The standard InChI is InChI=1S/C22H28F4N4O/c23-19-6-3-17(22(24,25)26)15-20(19)30-13-11-29(12-14-30)10-8-16-1-4-18(5-2-16)28-21(31)7-9-27/h3,6,15-16,18H,1-2,4-5,7-8,10-14H2,(H,28,31)/t16-,18-. The molecule has 0 atom stereocenters. The maximum atomic E-state index is 14.1. The molecular weight excluding hydrogens is 412 g/mol. The Balaban J connectivity index is 1.41. The molecule has 1 N–H and O–H groups in total. The van der Waals surface area contributed by atoms with E-state index in [0.717, 1.165) is 56.8 Å². The van der Waals surface area contributed by atoms with Crippen molar-refractivity contribution in [2.24, 2.45) is 5.92 Å². The highest BCUT2D eigenvalue weighted by atomic mass is 19.4. The summed E-state index contributed by atoms with van der Waals surface area (Å²) in [6.45, 7) is 3.28. The smallest absolute Gasteiger partial charge is 0.367 e. The second-order valence-corrected chi connectivity index (χ2v) is 8.40. The van der Waals surface area contributed by atoms with Crippen LogP contribution in [-0.4, -0.2) is 49.6 Å². The second-order valence-electron chi connectivity index (χ2n) is 8.40. The van der Waals surface area contributed by atoms with Gasteiger partial charge in [0.15, 0.2) is 0 Å². The number of nitrogens with zero attached hydrogens (tertiary/aromatic N) is 3. The van der Waals surface area contributed by atoms with E-state index in [-0.39, 0.29) is 24.1 Å². The van der Waals surface area contributed by atoms with Crippen LogP contribution in [0.5, 0.6) is 0 Å². The topological polar surface area (TPSA) is 59.4 Å². The van der Waals surface area contributed by atoms with E-state index in [1.807, 2.05) is 6.07 Å². The van der Waals surface area contributed by atoms with Crippen molar-refractivity contribution in [3.05, 3.63) is 29.6 Å². The number of hydrogen-bond donors (Lipinski definition) is 1. The molecule has 31 heavy (non-hydrogen) atoms. The number of alkyl halides is 3. The summed E-state index contributed by atoms with van der Waals surface area (Å²) in [6.07, 6.45) is 0.365. The number of anilines is 1. The lowest BCUT2D eigenvalue weighted by atomic mass is 9.84. The number of piperazine rings is 1.